The molecular formula is C62H102NO8P. The molecule has 0 N–H and O–H groups in total. The summed E-state index contributed by atoms with van der Waals surface area (Å²) in [5, 5.41) is 0. The maximum absolute atomic E-state index is 12.8. The predicted molar refractivity (Wildman–Crippen MR) is 304 cm³/mol. The molecule has 0 aliphatic heterocycles. The van der Waals surface area contributed by atoms with E-state index in [1.165, 1.54) is 44.9 Å². The molecule has 0 saturated heterocycles. The average Bonchev–Trinajstić information content (AvgIpc) is 3.34. The van der Waals surface area contributed by atoms with Gasteiger partial charge in [0, 0.05) is 12.8 Å². The third-order valence-electron chi connectivity index (χ3n) is 11.2. The number of carbonyl (C=O) groups is 2. The zero-order chi connectivity index (χ0) is 52.7. The predicted octanol–water partition coefficient (Wildman–Crippen LogP) is 16.7. The Morgan fingerprint density at radius 2 is 0.792 bits per heavy atom. The van der Waals surface area contributed by atoms with Crippen molar-refractivity contribution in [2.24, 2.45) is 0 Å². The first-order valence-corrected chi connectivity index (χ1v) is 29.4. The first-order chi connectivity index (χ1) is 35.0. The number of phosphoric acid groups is 1. The minimum Gasteiger partial charge on any atom is -0.756 e. The molecule has 0 saturated carbocycles. The number of ether oxygens (including phenoxy) is 2. The van der Waals surface area contributed by atoms with Gasteiger partial charge < -0.3 is 27.9 Å². The zero-order valence-electron chi connectivity index (χ0n) is 46.1. The van der Waals surface area contributed by atoms with Crippen molar-refractivity contribution in [3.05, 3.63) is 134 Å². The molecule has 0 spiro atoms. The highest BCUT2D eigenvalue weighted by atomic mass is 31.2. The average molecular weight is 1020 g/mol. The molecule has 72 heavy (non-hydrogen) atoms. The number of hydrogen-bond acceptors (Lipinski definition) is 8. The molecule has 0 aromatic rings. The Morgan fingerprint density at radius 1 is 0.444 bits per heavy atom. The number of rotatable bonds is 49. The normalized spacial score (nSPS) is 14.4. The Kier molecular flexibility index (Phi) is 49.2. The van der Waals surface area contributed by atoms with Gasteiger partial charge in [-0.15, -0.1) is 0 Å². The quantitative estimate of drug-likeness (QED) is 0.0195. The van der Waals surface area contributed by atoms with Crippen LogP contribution in [0.3, 0.4) is 0 Å². The van der Waals surface area contributed by atoms with E-state index in [0.717, 1.165) is 109 Å². The summed E-state index contributed by atoms with van der Waals surface area (Å²) in [5.41, 5.74) is 0. The second-order valence-electron chi connectivity index (χ2n) is 19.2. The molecule has 0 heterocycles. The van der Waals surface area contributed by atoms with E-state index in [1.807, 2.05) is 21.1 Å². The van der Waals surface area contributed by atoms with Gasteiger partial charge in [-0.2, -0.15) is 0 Å². The first kappa shape index (κ1) is 68.2. The summed E-state index contributed by atoms with van der Waals surface area (Å²) < 4.78 is 34.0. The molecule has 0 fully saturated rings. The minimum absolute atomic E-state index is 0.0469. The highest BCUT2D eigenvalue weighted by molar-refractivity contribution is 7.45. The van der Waals surface area contributed by atoms with E-state index < -0.39 is 32.5 Å². The monoisotopic (exact) mass is 1020 g/mol. The number of unbranched alkanes of at least 4 members (excludes halogenated alkanes) is 13. The van der Waals surface area contributed by atoms with E-state index in [2.05, 4.69) is 148 Å². The van der Waals surface area contributed by atoms with Gasteiger partial charge in [0.25, 0.3) is 7.82 Å². The van der Waals surface area contributed by atoms with Gasteiger partial charge >= 0.3 is 11.9 Å². The Hall–Kier alpha value is -3.85. The topological polar surface area (TPSA) is 111 Å². The van der Waals surface area contributed by atoms with Gasteiger partial charge in [-0.05, 0) is 116 Å². The fourth-order valence-electron chi connectivity index (χ4n) is 6.85. The van der Waals surface area contributed by atoms with Crippen LogP contribution in [0.25, 0.3) is 0 Å². The van der Waals surface area contributed by atoms with E-state index >= 15 is 0 Å². The molecule has 0 aliphatic rings. The van der Waals surface area contributed by atoms with Gasteiger partial charge in [-0.25, -0.2) is 0 Å². The van der Waals surface area contributed by atoms with Crippen molar-refractivity contribution in [2.75, 3.05) is 47.5 Å². The van der Waals surface area contributed by atoms with Crippen LogP contribution in [-0.4, -0.2) is 70.0 Å². The summed E-state index contributed by atoms with van der Waals surface area (Å²) in [4.78, 5) is 37.8. The molecule has 0 aliphatic carbocycles. The van der Waals surface area contributed by atoms with Crippen LogP contribution in [-0.2, 0) is 32.7 Å². The van der Waals surface area contributed by atoms with Crippen molar-refractivity contribution in [3.63, 3.8) is 0 Å². The number of phosphoric ester groups is 1. The first-order valence-electron chi connectivity index (χ1n) is 27.9. The molecule has 2 atom stereocenters. The van der Waals surface area contributed by atoms with Gasteiger partial charge in [0.05, 0.1) is 27.7 Å². The molecule has 0 aromatic heterocycles. The molecule has 9 nitrogen and oxygen atoms in total. The molecule has 10 heteroatoms. The highest BCUT2D eigenvalue weighted by Crippen LogP contribution is 2.38. The van der Waals surface area contributed by atoms with Gasteiger partial charge in [0.2, 0.25) is 0 Å². The summed E-state index contributed by atoms with van der Waals surface area (Å²) in [7, 11) is 1.12. The van der Waals surface area contributed by atoms with Crippen molar-refractivity contribution < 1.29 is 42.1 Å². The van der Waals surface area contributed by atoms with Crippen LogP contribution >= 0.6 is 7.82 Å². The standard InChI is InChI=1S/C62H102NO8P/c1-6-8-10-12-14-16-18-20-22-24-25-26-27-28-29-30-31-32-33-34-35-36-37-39-41-43-45-47-49-51-53-55-62(65)71-60(59-70-72(66,67)69-57-56-63(3,4)5)58-68-61(64)54-52-50-48-46-44-42-40-38-23-21-19-17-15-13-11-9-7-2/h8,10,14-17,20-23,25-26,28-29,31-32,34-35,37,39,43,45,60H,6-7,9,11-13,18-19,24,27,30,33,36,38,40-42,44,46-59H2,1-5H3/b10-8-,16-14-,17-15-,22-20-,23-21-,26-25-,29-28-,32-31-,35-34-,39-37-,45-43-. The van der Waals surface area contributed by atoms with Crippen LogP contribution in [0.15, 0.2) is 134 Å². The van der Waals surface area contributed by atoms with Gasteiger partial charge in [-0.3, -0.25) is 14.2 Å². The molecule has 0 aromatic carbocycles. The second kappa shape index (κ2) is 52.0. The van der Waals surface area contributed by atoms with Crippen LogP contribution in [0.2, 0.25) is 0 Å². The lowest BCUT2D eigenvalue weighted by atomic mass is 10.1. The Morgan fingerprint density at radius 3 is 1.19 bits per heavy atom. The van der Waals surface area contributed by atoms with Crippen LogP contribution in [0.1, 0.15) is 194 Å². The lowest BCUT2D eigenvalue weighted by Crippen LogP contribution is -2.37. The number of allylic oxidation sites excluding steroid dienone is 22. The van der Waals surface area contributed by atoms with E-state index in [0.29, 0.717) is 23.9 Å². The van der Waals surface area contributed by atoms with E-state index in [4.69, 9.17) is 18.5 Å². The number of nitrogens with zero attached hydrogens (tertiary/aromatic N) is 1. The number of carbonyl (C=O) groups excluding carboxylic acids is 2. The molecule has 0 rings (SSSR count). The molecule has 0 radical (unpaired) electrons. The van der Waals surface area contributed by atoms with Crippen LogP contribution in [0.5, 0.6) is 0 Å². The summed E-state index contributed by atoms with van der Waals surface area (Å²) in [6.45, 7) is 4.02. The number of esters is 2. The lowest BCUT2D eigenvalue weighted by molar-refractivity contribution is -0.870. The molecule has 0 bridgehead atoms. The lowest BCUT2D eigenvalue weighted by Gasteiger charge is -2.28. The van der Waals surface area contributed by atoms with Crippen LogP contribution in [0.4, 0.5) is 0 Å². The van der Waals surface area contributed by atoms with Crippen molar-refractivity contribution in [2.45, 2.75) is 200 Å². The van der Waals surface area contributed by atoms with E-state index in [1.54, 1.807) is 0 Å². The van der Waals surface area contributed by atoms with Crippen molar-refractivity contribution >= 4 is 19.8 Å². The molecular weight excluding hydrogens is 918 g/mol. The second-order valence-corrected chi connectivity index (χ2v) is 20.6. The Bertz CT molecular complexity index is 1670. The number of hydrogen-bond donors (Lipinski definition) is 0. The zero-order valence-corrected chi connectivity index (χ0v) is 47.0. The van der Waals surface area contributed by atoms with Gasteiger partial charge in [0.15, 0.2) is 6.10 Å². The van der Waals surface area contributed by atoms with Crippen LogP contribution in [0, 0.1) is 0 Å². The largest absolute Gasteiger partial charge is 0.756 e. The maximum atomic E-state index is 12.8. The Labute approximate surface area is 441 Å². The van der Waals surface area contributed by atoms with Gasteiger partial charge in [0.1, 0.15) is 19.8 Å². The van der Waals surface area contributed by atoms with Crippen molar-refractivity contribution in [1.29, 1.82) is 0 Å². The molecule has 2 unspecified atom stereocenters. The van der Waals surface area contributed by atoms with Crippen LogP contribution < -0.4 is 4.89 Å². The maximum Gasteiger partial charge on any atom is 0.306 e. The summed E-state index contributed by atoms with van der Waals surface area (Å²) >= 11 is 0. The van der Waals surface area contributed by atoms with Crippen molar-refractivity contribution in [3.8, 4) is 0 Å². The van der Waals surface area contributed by atoms with Crippen molar-refractivity contribution in [1.82, 2.24) is 0 Å². The highest BCUT2D eigenvalue weighted by Gasteiger charge is 2.21. The third kappa shape index (κ3) is 55.5. The summed E-state index contributed by atoms with van der Waals surface area (Å²) in [6.07, 6.45) is 74.9. The number of likely N-dealkylation sites (N-methyl/N-ethyl adjacent to an activating group) is 1. The summed E-state index contributed by atoms with van der Waals surface area (Å²) in [5.74, 6) is -0.893. The fraction of sp³-hybridized carbons (Fsp3) is 0.613. The van der Waals surface area contributed by atoms with Gasteiger partial charge in [-0.1, -0.05) is 199 Å². The fourth-order valence-corrected chi connectivity index (χ4v) is 7.58. The minimum atomic E-state index is -4.66. The third-order valence-corrected chi connectivity index (χ3v) is 12.1. The van der Waals surface area contributed by atoms with E-state index in [9.17, 15) is 19.0 Å². The van der Waals surface area contributed by atoms with E-state index in [-0.39, 0.29) is 26.1 Å². The molecule has 0 amide bonds. The summed E-state index contributed by atoms with van der Waals surface area (Å²) in [6, 6.07) is 0. The SMILES string of the molecule is CC/C=C\C/C=C\C/C=C\C/C=C\C/C=C\C/C=C\C/C=C\C/C=C\C/C=C\CCCCCC(=O)OC(COC(=O)CCCCCCCCC/C=C\C/C=C\CCCCC)COP(=O)([O-])OCC[N+](C)(C)C. The number of quaternary nitrogens is 1. The molecule has 408 valence electrons. The Balaban J connectivity index is 4.32. The smallest absolute Gasteiger partial charge is 0.306 e.